The summed E-state index contributed by atoms with van der Waals surface area (Å²) >= 11 is 0. The third kappa shape index (κ3) is 5.64. The van der Waals surface area contributed by atoms with E-state index in [4.69, 9.17) is 9.97 Å². The van der Waals surface area contributed by atoms with E-state index in [0.717, 1.165) is 88.3 Å². The zero-order valence-electron chi connectivity index (χ0n) is 34.4. The van der Waals surface area contributed by atoms with Crippen molar-refractivity contribution >= 4 is 76.1 Å². The lowest BCUT2D eigenvalue weighted by Gasteiger charge is -2.14. The van der Waals surface area contributed by atoms with Crippen LogP contribution in [0.25, 0.3) is 121 Å². The number of hydrogen-bond donors (Lipinski definition) is 0. The average molecular weight is 814 g/mol. The summed E-state index contributed by atoms with van der Waals surface area (Å²) in [6, 6.07) is 77.5. The van der Waals surface area contributed by atoms with E-state index in [9.17, 15) is 5.26 Å². The fourth-order valence-corrected chi connectivity index (χ4v) is 9.79. The Morgan fingerprint density at radius 3 is 1.72 bits per heavy atom. The summed E-state index contributed by atoms with van der Waals surface area (Å²) in [5, 5.41) is 19.9. The van der Waals surface area contributed by atoms with E-state index >= 15 is 0 Å². The summed E-state index contributed by atoms with van der Waals surface area (Å²) in [5.74, 6) is 0.600. The molecule has 0 atom stereocenters. The molecule has 3 aromatic heterocycles. The molecule has 0 aliphatic carbocycles. The van der Waals surface area contributed by atoms with Crippen molar-refractivity contribution in [2.24, 2.45) is 0 Å². The highest BCUT2D eigenvalue weighted by Gasteiger charge is 2.21. The number of hydrogen-bond acceptors (Lipinski definition) is 3. The van der Waals surface area contributed by atoms with Gasteiger partial charge >= 0.3 is 0 Å². The van der Waals surface area contributed by atoms with Gasteiger partial charge in [0.25, 0.3) is 0 Å². The first-order chi connectivity index (χ1) is 31.6. The number of fused-ring (bicyclic) bond motifs is 9. The zero-order chi connectivity index (χ0) is 42.3. The first-order valence-electron chi connectivity index (χ1n) is 21.5. The van der Waals surface area contributed by atoms with Gasteiger partial charge in [0.2, 0.25) is 5.95 Å². The highest BCUT2D eigenvalue weighted by atomic mass is 15.2. The van der Waals surface area contributed by atoms with E-state index < -0.39 is 0 Å². The van der Waals surface area contributed by atoms with E-state index in [1.54, 1.807) is 0 Å². The van der Waals surface area contributed by atoms with Crippen molar-refractivity contribution in [2.45, 2.75) is 0 Å². The normalized spacial score (nSPS) is 11.7. The van der Waals surface area contributed by atoms with Gasteiger partial charge in [-0.25, -0.2) is 9.97 Å². The van der Waals surface area contributed by atoms with Crippen LogP contribution in [0.4, 0.5) is 0 Å². The van der Waals surface area contributed by atoms with Gasteiger partial charge in [-0.05, 0) is 117 Å². The van der Waals surface area contributed by atoms with Gasteiger partial charge < -0.3 is 4.57 Å². The summed E-state index contributed by atoms with van der Waals surface area (Å²) < 4.78 is 4.62. The molecule has 0 aliphatic rings. The Hall–Kier alpha value is -8.85. The van der Waals surface area contributed by atoms with Crippen molar-refractivity contribution in [3.8, 4) is 51.2 Å². The van der Waals surface area contributed by atoms with Crippen molar-refractivity contribution in [1.29, 1.82) is 5.26 Å². The number of benzene rings is 10. The lowest BCUT2D eigenvalue weighted by Crippen LogP contribution is -2.04. The van der Waals surface area contributed by atoms with Gasteiger partial charge in [0.15, 0.2) is 0 Å². The van der Waals surface area contributed by atoms with Crippen LogP contribution >= 0.6 is 0 Å². The van der Waals surface area contributed by atoms with Crippen LogP contribution < -0.4 is 0 Å². The maximum atomic E-state index is 9.55. The van der Waals surface area contributed by atoms with E-state index in [1.165, 1.54) is 26.9 Å². The molecule has 64 heavy (non-hydrogen) atoms. The molecule has 0 unspecified atom stereocenters. The molecule has 0 radical (unpaired) electrons. The van der Waals surface area contributed by atoms with Gasteiger partial charge in [0, 0.05) is 38.2 Å². The standard InChI is InChI=1S/C59H35N5/c60-36-37-18-20-39(21-19-37)44-26-29-53-52(32-44)58(46-25-28-49-48-16-8-9-17-54(48)63(55(49)35-46)47-14-2-1-3-15-47)62-59(61-53)64-56-34-45(43-23-22-38-10-4-5-11-40(38)30-43)24-27-50(56)51-31-41-12-6-7-13-42(41)33-57(51)64/h1-35H. The summed E-state index contributed by atoms with van der Waals surface area (Å²) in [5.41, 5.74) is 13.0. The molecule has 0 N–H and O–H groups in total. The van der Waals surface area contributed by atoms with Crippen molar-refractivity contribution < 1.29 is 0 Å². The largest absolute Gasteiger partial charge is 0.309 e. The number of nitriles is 1. The second kappa shape index (κ2) is 14.1. The van der Waals surface area contributed by atoms with Crippen molar-refractivity contribution in [2.75, 3.05) is 0 Å². The minimum absolute atomic E-state index is 0.600. The zero-order valence-corrected chi connectivity index (χ0v) is 34.4. The SMILES string of the molecule is N#Cc1ccc(-c2ccc3nc(-n4c5cc(-c6ccc7ccccc7c6)ccc5c5cc6ccccc6cc54)nc(-c4ccc5c6ccccc6n(-c6ccccc6)c5c4)c3c2)cc1. The molecule has 0 spiro atoms. The highest BCUT2D eigenvalue weighted by Crippen LogP contribution is 2.40. The minimum Gasteiger partial charge on any atom is -0.309 e. The Morgan fingerprint density at radius 2 is 0.906 bits per heavy atom. The third-order valence-electron chi connectivity index (χ3n) is 12.9. The third-order valence-corrected chi connectivity index (χ3v) is 12.9. The number of aromatic nitrogens is 4. The first-order valence-corrected chi connectivity index (χ1v) is 21.5. The Balaban J connectivity index is 1.10. The van der Waals surface area contributed by atoms with Gasteiger partial charge in [-0.1, -0.05) is 140 Å². The molecule has 10 aromatic carbocycles. The molecular formula is C59H35N5. The smallest absolute Gasteiger partial charge is 0.235 e. The summed E-state index contributed by atoms with van der Waals surface area (Å²) in [7, 11) is 0. The van der Waals surface area contributed by atoms with E-state index in [2.05, 4.69) is 203 Å². The number of para-hydroxylation sites is 2. The predicted molar refractivity (Wildman–Crippen MR) is 264 cm³/mol. The van der Waals surface area contributed by atoms with Crippen LogP contribution in [-0.2, 0) is 0 Å². The van der Waals surface area contributed by atoms with Crippen LogP contribution in [0.2, 0.25) is 0 Å². The molecule has 0 fully saturated rings. The summed E-state index contributed by atoms with van der Waals surface area (Å²) in [4.78, 5) is 11.1. The van der Waals surface area contributed by atoms with Gasteiger partial charge in [0.05, 0.1) is 44.9 Å². The van der Waals surface area contributed by atoms with Crippen LogP contribution in [0.1, 0.15) is 5.56 Å². The van der Waals surface area contributed by atoms with Crippen molar-refractivity contribution in [3.63, 3.8) is 0 Å². The van der Waals surface area contributed by atoms with Crippen LogP contribution in [0, 0.1) is 11.3 Å². The predicted octanol–water partition coefficient (Wildman–Crippen LogP) is 15.0. The average Bonchev–Trinajstić information content (AvgIpc) is 3.86. The Morgan fingerprint density at radius 1 is 0.344 bits per heavy atom. The minimum atomic E-state index is 0.600. The Kier molecular flexibility index (Phi) is 7.90. The number of nitrogens with zero attached hydrogens (tertiary/aromatic N) is 5. The summed E-state index contributed by atoms with van der Waals surface area (Å²) in [6.07, 6.45) is 0. The fraction of sp³-hybridized carbons (Fsp3) is 0. The van der Waals surface area contributed by atoms with E-state index in [0.29, 0.717) is 11.5 Å². The monoisotopic (exact) mass is 813 g/mol. The van der Waals surface area contributed by atoms with Gasteiger partial charge in [-0.3, -0.25) is 4.57 Å². The molecular weight excluding hydrogens is 779 g/mol. The van der Waals surface area contributed by atoms with Crippen molar-refractivity contribution in [3.05, 3.63) is 218 Å². The van der Waals surface area contributed by atoms with Gasteiger partial charge in [0.1, 0.15) is 0 Å². The highest BCUT2D eigenvalue weighted by molar-refractivity contribution is 6.15. The summed E-state index contributed by atoms with van der Waals surface area (Å²) in [6.45, 7) is 0. The molecule has 0 saturated heterocycles. The van der Waals surface area contributed by atoms with Crippen LogP contribution in [0.15, 0.2) is 212 Å². The fourth-order valence-electron chi connectivity index (χ4n) is 9.79. The lowest BCUT2D eigenvalue weighted by molar-refractivity contribution is 1.01. The molecule has 0 aliphatic heterocycles. The van der Waals surface area contributed by atoms with Crippen molar-refractivity contribution in [1.82, 2.24) is 19.1 Å². The topological polar surface area (TPSA) is 59.4 Å². The maximum absolute atomic E-state index is 9.55. The van der Waals surface area contributed by atoms with Gasteiger partial charge in [-0.15, -0.1) is 0 Å². The molecule has 3 heterocycles. The van der Waals surface area contributed by atoms with Crippen LogP contribution in [0.3, 0.4) is 0 Å². The Labute approximate surface area is 368 Å². The quantitative estimate of drug-likeness (QED) is 0.174. The van der Waals surface area contributed by atoms with Gasteiger partial charge in [-0.2, -0.15) is 5.26 Å². The molecule has 0 bridgehead atoms. The molecule has 0 saturated carbocycles. The number of rotatable bonds is 5. The molecule has 5 heteroatoms. The lowest BCUT2D eigenvalue weighted by atomic mass is 9.99. The van der Waals surface area contributed by atoms with E-state index in [1.807, 2.05) is 24.3 Å². The molecule has 13 aromatic rings. The van der Waals surface area contributed by atoms with E-state index in [-0.39, 0.29) is 0 Å². The second-order valence-corrected chi connectivity index (χ2v) is 16.6. The molecule has 0 amide bonds. The Bertz CT molecular complexity index is 4080. The molecule has 13 rings (SSSR count). The first kappa shape index (κ1) is 35.9. The van der Waals surface area contributed by atoms with Crippen LogP contribution in [0.5, 0.6) is 0 Å². The molecule has 5 nitrogen and oxygen atoms in total. The van der Waals surface area contributed by atoms with Crippen LogP contribution in [-0.4, -0.2) is 19.1 Å². The maximum Gasteiger partial charge on any atom is 0.235 e. The molecule has 296 valence electrons. The second-order valence-electron chi connectivity index (χ2n) is 16.6.